The number of nitrogens with zero attached hydrogens (tertiary/aromatic N) is 2. The molecular formula is C23H28ClN3O3S. The summed E-state index contributed by atoms with van der Waals surface area (Å²) in [6.07, 6.45) is 2.63. The summed E-state index contributed by atoms with van der Waals surface area (Å²) in [5, 5.41) is 3.05. The number of ether oxygens (including phenoxy) is 1. The minimum Gasteiger partial charge on any atom is -0.383 e. The molecule has 2 amide bonds. The second-order valence-electron chi connectivity index (χ2n) is 8.36. The zero-order valence-electron chi connectivity index (χ0n) is 17.9. The van der Waals surface area contributed by atoms with Gasteiger partial charge in [0.15, 0.2) is 0 Å². The third-order valence-corrected chi connectivity index (χ3v) is 7.38. The zero-order chi connectivity index (χ0) is 22.0. The van der Waals surface area contributed by atoms with Gasteiger partial charge in [-0.05, 0) is 61.7 Å². The van der Waals surface area contributed by atoms with E-state index in [0.29, 0.717) is 34.3 Å². The molecule has 0 radical (unpaired) electrons. The number of methoxy groups -OCH3 is 1. The van der Waals surface area contributed by atoms with Crippen LogP contribution in [-0.2, 0) is 17.6 Å². The first-order valence-electron chi connectivity index (χ1n) is 10.6. The van der Waals surface area contributed by atoms with Crippen LogP contribution in [0, 0.1) is 0 Å². The van der Waals surface area contributed by atoms with Crippen LogP contribution < -0.4 is 5.32 Å². The van der Waals surface area contributed by atoms with Crippen molar-refractivity contribution in [3.63, 3.8) is 0 Å². The number of fused-ring (bicyclic) bond motifs is 1. The van der Waals surface area contributed by atoms with E-state index in [1.54, 1.807) is 19.2 Å². The third kappa shape index (κ3) is 5.12. The molecule has 1 aromatic carbocycles. The monoisotopic (exact) mass is 461 g/mol. The maximum atomic E-state index is 13.4. The Kier molecular flexibility index (Phi) is 6.96. The lowest BCUT2D eigenvalue weighted by molar-refractivity contribution is 0.0628. The van der Waals surface area contributed by atoms with Crippen molar-refractivity contribution in [2.24, 2.45) is 0 Å². The van der Waals surface area contributed by atoms with Crippen molar-refractivity contribution < 1.29 is 14.3 Å². The molecule has 2 unspecified atom stereocenters. The number of benzene rings is 1. The number of likely N-dealkylation sites (N-methyl/N-ethyl adjacent to an activating group) is 1. The van der Waals surface area contributed by atoms with Gasteiger partial charge in [-0.2, -0.15) is 0 Å². The van der Waals surface area contributed by atoms with Gasteiger partial charge in [-0.3, -0.25) is 9.59 Å². The summed E-state index contributed by atoms with van der Waals surface area (Å²) < 4.78 is 5.96. The van der Waals surface area contributed by atoms with E-state index >= 15 is 0 Å². The number of amides is 2. The Morgan fingerprint density at radius 2 is 1.97 bits per heavy atom. The normalized spacial score (nSPS) is 21.6. The minimum absolute atomic E-state index is 0.00151. The van der Waals surface area contributed by atoms with Crippen molar-refractivity contribution in [1.29, 1.82) is 0 Å². The predicted molar refractivity (Wildman–Crippen MR) is 123 cm³/mol. The highest BCUT2D eigenvalue weighted by Gasteiger charge is 2.36. The topological polar surface area (TPSA) is 61.9 Å². The Morgan fingerprint density at radius 1 is 1.19 bits per heavy atom. The average molecular weight is 462 g/mol. The van der Waals surface area contributed by atoms with Crippen molar-refractivity contribution in [2.45, 2.75) is 31.3 Å². The summed E-state index contributed by atoms with van der Waals surface area (Å²) in [6.45, 7) is 2.96. The SMILES string of the molecule is COCC1CC(NC(=O)c2ccc(Cl)s2)CN1C(=O)c1ccc2c(c1)CCN(C)CC2. The van der Waals surface area contributed by atoms with Crippen LogP contribution in [-0.4, -0.2) is 74.1 Å². The molecule has 2 aliphatic rings. The lowest BCUT2D eigenvalue weighted by Gasteiger charge is -2.24. The van der Waals surface area contributed by atoms with Gasteiger partial charge in [0.2, 0.25) is 0 Å². The second kappa shape index (κ2) is 9.69. The van der Waals surface area contributed by atoms with Gasteiger partial charge in [-0.15, -0.1) is 11.3 Å². The van der Waals surface area contributed by atoms with E-state index in [4.69, 9.17) is 16.3 Å². The van der Waals surface area contributed by atoms with Crippen LogP contribution in [0.5, 0.6) is 0 Å². The van der Waals surface area contributed by atoms with Gasteiger partial charge in [0.25, 0.3) is 11.8 Å². The first-order chi connectivity index (χ1) is 14.9. The van der Waals surface area contributed by atoms with Crippen molar-refractivity contribution in [3.05, 3.63) is 56.2 Å². The maximum absolute atomic E-state index is 13.4. The molecule has 0 aliphatic carbocycles. The number of likely N-dealkylation sites (tertiary alicyclic amines) is 1. The predicted octanol–water partition coefficient (Wildman–Crippen LogP) is 3.09. The van der Waals surface area contributed by atoms with Gasteiger partial charge >= 0.3 is 0 Å². The Balaban J connectivity index is 1.48. The van der Waals surface area contributed by atoms with Gasteiger partial charge in [0, 0.05) is 38.3 Å². The Morgan fingerprint density at radius 3 is 2.68 bits per heavy atom. The summed E-state index contributed by atoms with van der Waals surface area (Å²) >= 11 is 7.21. The largest absolute Gasteiger partial charge is 0.383 e. The molecule has 6 nitrogen and oxygen atoms in total. The van der Waals surface area contributed by atoms with E-state index in [2.05, 4.69) is 29.4 Å². The lowest BCUT2D eigenvalue weighted by Crippen LogP contribution is -2.40. The van der Waals surface area contributed by atoms with Crippen molar-refractivity contribution >= 4 is 34.8 Å². The number of hydrogen-bond acceptors (Lipinski definition) is 5. The number of carbonyl (C=O) groups is 2. The fourth-order valence-corrected chi connectivity index (χ4v) is 5.40. The van der Waals surface area contributed by atoms with E-state index in [9.17, 15) is 9.59 Å². The van der Waals surface area contributed by atoms with Crippen molar-refractivity contribution in [3.8, 4) is 0 Å². The molecule has 2 aliphatic heterocycles. The Labute approximate surface area is 192 Å². The summed E-state index contributed by atoms with van der Waals surface area (Å²) in [5.41, 5.74) is 3.30. The quantitative estimate of drug-likeness (QED) is 0.743. The lowest BCUT2D eigenvalue weighted by atomic mass is 9.99. The van der Waals surface area contributed by atoms with Crippen molar-refractivity contribution in [1.82, 2.24) is 15.1 Å². The third-order valence-electron chi connectivity index (χ3n) is 6.15. The van der Waals surface area contributed by atoms with Gasteiger partial charge < -0.3 is 19.9 Å². The first-order valence-corrected chi connectivity index (χ1v) is 11.8. The second-order valence-corrected chi connectivity index (χ2v) is 10.1. The smallest absolute Gasteiger partial charge is 0.261 e. The number of nitrogens with one attached hydrogen (secondary N) is 1. The highest BCUT2D eigenvalue weighted by molar-refractivity contribution is 7.18. The number of halogens is 1. The molecule has 31 heavy (non-hydrogen) atoms. The van der Waals surface area contributed by atoms with Crippen LogP contribution in [0.1, 0.15) is 37.6 Å². The van der Waals surface area contributed by atoms with Gasteiger partial charge in [0.05, 0.1) is 21.9 Å². The van der Waals surface area contributed by atoms with Crippen LogP contribution in [0.3, 0.4) is 0 Å². The molecule has 0 saturated carbocycles. The van der Waals surface area contributed by atoms with Crippen LogP contribution in [0.25, 0.3) is 0 Å². The molecule has 4 rings (SSSR count). The summed E-state index contributed by atoms with van der Waals surface area (Å²) in [5.74, 6) is -0.153. The highest BCUT2D eigenvalue weighted by Crippen LogP contribution is 2.25. The molecule has 0 spiro atoms. The molecule has 3 heterocycles. The fourth-order valence-electron chi connectivity index (χ4n) is 4.45. The number of hydrogen-bond donors (Lipinski definition) is 1. The summed E-state index contributed by atoms with van der Waals surface area (Å²) in [6, 6.07) is 9.35. The zero-order valence-corrected chi connectivity index (χ0v) is 19.5. The Bertz CT molecular complexity index is 963. The summed E-state index contributed by atoms with van der Waals surface area (Å²) in [4.78, 5) is 30.7. The Hall–Kier alpha value is -1.93. The molecule has 8 heteroatoms. The fraction of sp³-hybridized carbons (Fsp3) is 0.478. The average Bonchev–Trinajstić information content (AvgIpc) is 3.31. The van der Waals surface area contributed by atoms with E-state index in [1.807, 2.05) is 11.0 Å². The van der Waals surface area contributed by atoms with Gasteiger partial charge in [-0.1, -0.05) is 17.7 Å². The van der Waals surface area contributed by atoms with Crippen molar-refractivity contribution in [2.75, 3.05) is 40.4 Å². The highest BCUT2D eigenvalue weighted by atomic mass is 35.5. The van der Waals surface area contributed by atoms with Crippen LogP contribution in [0.15, 0.2) is 30.3 Å². The number of carbonyl (C=O) groups excluding carboxylic acids is 2. The van der Waals surface area contributed by atoms with E-state index in [0.717, 1.165) is 25.9 Å². The number of rotatable bonds is 5. The summed E-state index contributed by atoms with van der Waals surface area (Å²) in [7, 11) is 3.78. The molecule has 1 saturated heterocycles. The molecule has 1 N–H and O–H groups in total. The minimum atomic E-state index is -0.151. The van der Waals surface area contributed by atoms with Crippen LogP contribution in [0.4, 0.5) is 0 Å². The number of thiophene rings is 1. The molecule has 0 bridgehead atoms. The molecular weight excluding hydrogens is 434 g/mol. The van der Waals surface area contributed by atoms with E-state index in [-0.39, 0.29) is 23.9 Å². The van der Waals surface area contributed by atoms with Crippen LogP contribution in [0.2, 0.25) is 4.34 Å². The standard InChI is InChI=1S/C23H28ClN3O3S/c1-26-9-7-15-3-4-17(11-16(15)8-10-26)23(29)27-13-18(12-19(27)14-30-2)25-22(28)20-5-6-21(24)31-20/h3-6,11,18-19H,7-10,12-14H2,1-2H3,(H,25,28). The first kappa shape index (κ1) is 22.3. The molecule has 166 valence electrons. The van der Waals surface area contributed by atoms with Gasteiger partial charge in [0.1, 0.15) is 0 Å². The molecule has 1 aromatic heterocycles. The maximum Gasteiger partial charge on any atom is 0.261 e. The van der Waals surface area contributed by atoms with Gasteiger partial charge in [-0.25, -0.2) is 0 Å². The molecule has 1 fully saturated rings. The molecule has 2 aromatic rings. The molecule has 2 atom stereocenters. The van der Waals surface area contributed by atoms with Crippen LogP contribution >= 0.6 is 22.9 Å². The van der Waals surface area contributed by atoms with E-state index in [1.165, 1.54) is 22.5 Å². The van der Waals surface area contributed by atoms with E-state index < -0.39 is 0 Å².